The van der Waals surface area contributed by atoms with E-state index in [0.717, 1.165) is 0 Å². The molecule has 14 heavy (non-hydrogen) atoms. The molecule has 0 saturated heterocycles. The number of hydrogen-bond acceptors (Lipinski definition) is 3. The molecular formula is C10H12FNO2. The SMILES string of the molecule is CCOC(=N)c1ccc(OC)cc1F. The Labute approximate surface area is 82.0 Å². The van der Waals surface area contributed by atoms with Crippen molar-refractivity contribution in [3.63, 3.8) is 0 Å². The fraction of sp³-hybridized carbons (Fsp3) is 0.300. The van der Waals surface area contributed by atoms with Crippen LogP contribution < -0.4 is 4.74 Å². The van der Waals surface area contributed by atoms with Crippen LogP contribution in [0.3, 0.4) is 0 Å². The minimum Gasteiger partial charge on any atom is -0.497 e. The van der Waals surface area contributed by atoms with E-state index >= 15 is 0 Å². The Morgan fingerprint density at radius 3 is 2.71 bits per heavy atom. The van der Waals surface area contributed by atoms with Gasteiger partial charge in [-0.3, -0.25) is 5.41 Å². The van der Waals surface area contributed by atoms with E-state index in [-0.39, 0.29) is 11.5 Å². The van der Waals surface area contributed by atoms with Crippen molar-refractivity contribution in [2.45, 2.75) is 6.92 Å². The zero-order chi connectivity index (χ0) is 10.6. The Bertz CT molecular complexity index is 339. The average Bonchev–Trinajstić information content (AvgIpc) is 2.17. The molecule has 0 atom stereocenters. The number of ether oxygens (including phenoxy) is 2. The summed E-state index contributed by atoms with van der Waals surface area (Å²) in [6.07, 6.45) is 0. The first-order chi connectivity index (χ1) is 6.69. The van der Waals surface area contributed by atoms with Gasteiger partial charge < -0.3 is 9.47 Å². The van der Waals surface area contributed by atoms with Gasteiger partial charge in [0.2, 0.25) is 5.90 Å². The molecule has 1 aromatic rings. The summed E-state index contributed by atoms with van der Waals surface area (Å²) in [6, 6.07) is 4.28. The summed E-state index contributed by atoms with van der Waals surface area (Å²) in [6.45, 7) is 2.10. The zero-order valence-electron chi connectivity index (χ0n) is 8.13. The number of benzene rings is 1. The highest BCUT2D eigenvalue weighted by Gasteiger charge is 2.09. The molecule has 0 aliphatic heterocycles. The van der Waals surface area contributed by atoms with E-state index in [9.17, 15) is 4.39 Å². The normalized spacial score (nSPS) is 9.64. The molecule has 0 radical (unpaired) electrons. The maximum atomic E-state index is 13.3. The van der Waals surface area contributed by atoms with Crippen molar-refractivity contribution < 1.29 is 13.9 Å². The van der Waals surface area contributed by atoms with Gasteiger partial charge in [0, 0.05) is 6.07 Å². The van der Waals surface area contributed by atoms with Gasteiger partial charge in [0.25, 0.3) is 0 Å². The van der Waals surface area contributed by atoms with Crippen molar-refractivity contribution in [2.75, 3.05) is 13.7 Å². The molecule has 0 spiro atoms. The largest absolute Gasteiger partial charge is 0.497 e. The summed E-state index contributed by atoms with van der Waals surface area (Å²) < 4.78 is 23.0. The highest BCUT2D eigenvalue weighted by molar-refractivity contribution is 5.91. The van der Waals surface area contributed by atoms with E-state index in [1.807, 2.05) is 0 Å². The van der Waals surface area contributed by atoms with E-state index < -0.39 is 5.82 Å². The number of methoxy groups -OCH3 is 1. The molecule has 0 unspecified atom stereocenters. The molecule has 0 amide bonds. The van der Waals surface area contributed by atoms with Crippen LogP contribution in [0.2, 0.25) is 0 Å². The smallest absolute Gasteiger partial charge is 0.216 e. The lowest BCUT2D eigenvalue weighted by Crippen LogP contribution is -2.07. The quantitative estimate of drug-likeness (QED) is 0.596. The van der Waals surface area contributed by atoms with Crippen LogP contribution in [0.15, 0.2) is 18.2 Å². The molecule has 0 bridgehead atoms. The molecule has 4 heteroatoms. The van der Waals surface area contributed by atoms with Crippen molar-refractivity contribution in [3.8, 4) is 5.75 Å². The molecule has 0 aromatic heterocycles. The molecule has 3 nitrogen and oxygen atoms in total. The van der Waals surface area contributed by atoms with Gasteiger partial charge in [-0.05, 0) is 19.1 Å². The number of rotatable bonds is 3. The molecule has 0 aliphatic rings. The van der Waals surface area contributed by atoms with E-state index in [2.05, 4.69) is 0 Å². The van der Waals surface area contributed by atoms with Crippen LogP contribution in [0.1, 0.15) is 12.5 Å². The first-order valence-corrected chi connectivity index (χ1v) is 4.24. The van der Waals surface area contributed by atoms with E-state index in [1.165, 1.54) is 19.2 Å². The van der Waals surface area contributed by atoms with Gasteiger partial charge in [-0.15, -0.1) is 0 Å². The maximum Gasteiger partial charge on any atom is 0.216 e. The molecule has 0 fully saturated rings. The first kappa shape index (κ1) is 10.5. The number of nitrogens with one attached hydrogen (secondary N) is 1. The Morgan fingerprint density at radius 2 is 2.21 bits per heavy atom. The van der Waals surface area contributed by atoms with Crippen LogP contribution in [0, 0.1) is 11.2 Å². The molecule has 76 valence electrons. The second-order valence-electron chi connectivity index (χ2n) is 2.61. The summed E-state index contributed by atoms with van der Waals surface area (Å²) in [4.78, 5) is 0. The summed E-state index contributed by atoms with van der Waals surface area (Å²) in [7, 11) is 1.46. The number of hydrogen-bond donors (Lipinski definition) is 1. The van der Waals surface area contributed by atoms with Gasteiger partial charge in [0.1, 0.15) is 11.6 Å². The Balaban J connectivity index is 2.94. The summed E-state index contributed by atoms with van der Waals surface area (Å²) >= 11 is 0. The standard InChI is InChI=1S/C10H12FNO2/c1-3-14-10(12)8-5-4-7(13-2)6-9(8)11/h4-6,12H,3H2,1-2H3. The Morgan fingerprint density at radius 1 is 1.50 bits per heavy atom. The van der Waals surface area contributed by atoms with Gasteiger partial charge in [0.05, 0.1) is 19.3 Å². The first-order valence-electron chi connectivity index (χ1n) is 4.24. The molecule has 0 aliphatic carbocycles. The lowest BCUT2D eigenvalue weighted by atomic mass is 10.2. The molecule has 1 aromatic carbocycles. The number of halogens is 1. The monoisotopic (exact) mass is 197 g/mol. The molecular weight excluding hydrogens is 185 g/mol. The second kappa shape index (κ2) is 4.60. The third-order valence-electron chi connectivity index (χ3n) is 1.71. The van der Waals surface area contributed by atoms with Gasteiger partial charge in [-0.2, -0.15) is 0 Å². The summed E-state index contributed by atoms with van der Waals surface area (Å²) in [5.41, 5.74) is 0.146. The zero-order valence-corrected chi connectivity index (χ0v) is 8.13. The topological polar surface area (TPSA) is 42.3 Å². The van der Waals surface area contributed by atoms with Gasteiger partial charge >= 0.3 is 0 Å². The Hall–Kier alpha value is -1.58. The van der Waals surface area contributed by atoms with Gasteiger partial charge in [-0.25, -0.2) is 4.39 Å². The highest BCUT2D eigenvalue weighted by Crippen LogP contribution is 2.16. The average molecular weight is 197 g/mol. The lowest BCUT2D eigenvalue weighted by molar-refractivity contribution is 0.324. The molecule has 1 rings (SSSR count). The maximum absolute atomic E-state index is 13.3. The molecule has 0 saturated carbocycles. The third-order valence-corrected chi connectivity index (χ3v) is 1.71. The van der Waals surface area contributed by atoms with E-state index in [4.69, 9.17) is 14.9 Å². The molecule has 0 heterocycles. The fourth-order valence-corrected chi connectivity index (χ4v) is 1.03. The molecule has 1 N–H and O–H groups in total. The Kier molecular flexibility index (Phi) is 3.45. The van der Waals surface area contributed by atoms with E-state index in [0.29, 0.717) is 12.4 Å². The van der Waals surface area contributed by atoms with Crippen molar-refractivity contribution in [2.24, 2.45) is 0 Å². The minimum atomic E-state index is -0.511. The van der Waals surface area contributed by atoms with Crippen molar-refractivity contribution >= 4 is 5.90 Å². The minimum absolute atomic E-state index is 0.146. The van der Waals surface area contributed by atoms with Crippen molar-refractivity contribution in [1.82, 2.24) is 0 Å². The van der Waals surface area contributed by atoms with Crippen LogP contribution in [0.25, 0.3) is 0 Å². The fourth-order valence-electron chi connectivity index (χ4n) is 1.03. The van der Waals surface area contributed by atoms with Crippen molar-refractivity contribution in [3.05, 3.63) is 29.6 Å². The van der Waals surface area contributed by atoms with Crippen LogP contribution in [0.4, 0.5) is 4.39 Å². The van der Waals surface area contributed by atoms with Gasteiger partial charge in [-0.1, -0.05) is 0 Å². The van der Waals surface area contributed by atoms with Crippen molar-refractivity contribution in [1.29, 1.82) is 5.41 Å². The van der Waals surface area contributed by atoms with Crippen LogP contribution in [-0.4, -0.2) is 19.6 Å². The van der Waals surface area contributed by atoms with Crippen LogP contribution in [-0.2, 0) is 4.74 Å². The highest BCUT2D eigenvalue weighted by atomic mass is 19.1. The second-order valence-corrected chi connectivity index (χ2v) is 2.61. The van der Waals surface area contributed by atoms with E-state index in [1.54, 1.807) is 13.0 Å². The summed E-state index contributed by atoms with van der Waals surface area (Å²) in [5, 5.41) is 7.40. The lowest BCUT2D eigenvalue weighted by Gasteiger charge is -2.07. The summed E-state index contributed by atoms with van der Waals surface area (Å²) in [5.74, 6) is -0.244. The third kappa shape index (κ3) is 2.22. The van der Waals surface area contributed by atoms with Gasteiger partial charge in [0.15, 0.2) is 0 Å². The van der Waals surface area contributed by atoms with Crippen LogP contribution >= 0.6 is 0 Å². The van der Waals surface area contributed by atoms with Crippen LogP contribution in [0.5, 0.6) is 5.75 Å². The predicted octanol–water partition coefficient (Wildman–Crippen LogP) is 2.20. The predicted molar refractivity (Wildman–Crippen MR) is 51.4 cm³/mol.